The van der Waals surface area contributed by atoms with Crippen LogP contribution in [0, 0.1) is 5.82 Å². The highest BCUT2D eigenvalue weighted by Gasteiger charge is 2.15. The van der Waals surface area contributed by atoms with Gasteiger partial charge in [-0.25, -0.2) is 4.39 Å². The third-order valence-corrected chi connectivity index (χ3v) is 2.79. The van der Waals surface area contributed by atoms with Crippen molar-refractivity contribution in [2.45, 2.75) is 6.10 Å². The molecule has 2 rings (SSSR count). The first-order chi connectivity index (χ1) is 9.60. The molecule has 1 amide bonds. The molecule has 1 N–H and O–H groups in total. The molecule has 1 aromatic carbocycles. The summed E-state index contributed by atoms with van der Waals surface area (Å²) in [5.74, 6) is -0.693. The van der Waals surface area contributed by atoms with Crippen molar-refractivity contribution in [3.8, 4) is 0 Å². The average Bonchev–Trinajstić information content (AvgIpc) is 2.86. The molecule has 0 aliphatic heterocycles. The predicted octanol–water partition coefficient (Wildman–Crippen LogP) is 1.07. The van der Waals surface area contributed by atoms with Crippen molar-refractivity contribution < 1.29 is 13.9 Å². The van der Waals surface area contributed by atoms with E-state index in [9.17, 15) is 9.18 Å². The fourth-order valence-corrected chi connectivity index (χ4v) is 1.77. The van der Waals surface area contributed by atoms with E-state index < -0.39 is 6.10 Å². The summed E-state index contributed by atoms with van der Waals surface area (Å²) in [6.45, 7) is 0.218. The van der Waals surface area contributed by atoms with Crippen molar-refractivity contribution in [1.29, 1.82) is 0 Å². The highest BCUT2D eigenvalue weighted by atomic mass is 19.1. The molecule has 0 unspecified atom stereocenters. The number of aryl methyl sites for hydroxylation is 1. The first kappa shape index (κ1) is 14.1. The van der Waals surface area contributed by atoms with Gasteiger partial charge in [0.25, 0.3) is 5.91 Å². The minimum absolute atomic E-state index is 0.218. The molecule has 2 aromatic rings. The van der Waals surface area contributed by atoms with E-state index in [0.717, 1.165) is 0 Å². The normalized spacial score (nSPS) is 12.2. The molecule has 0 fully saturated rings. The second kappa shape index (κ2) is 6.25. The zero-order chi connectivity index (χ0) is 14.5. The fraction of sp³-hybridized carbons (Fsp3) is 0.308. The van der Waals surface area contributed by atoms with Gasteiger partial charge in [-0.05, 0) is 17.7 Å². The number of nitrogens with zero attached hydrogens (tertiary/aromatic N) is 3. The molecule has 0 bridgehead atoms. The molecule has 0 saturated carbocycles. The SMILES string of the molecule is CO[C@H](CNC(=O)c1cn(C)nn1)c1cccc(F)c1. The Kier molecular flexibility index (Phi) is 4.41. The third kappa shape index (κ3) is 3.39. The molecule has 0 saturated heterocycles. The van der Waals surface area contributed by atoms with E-state index in [1.54, 1.807) is 19.2 Å². The standard InChI is InChI=1S/C13H15FN4O2/c1-18-8-11(16-17-18)13(19)15-7-12(20-2)9-4-3-5-10(14)6-9/h3-6,8,12H,7H2,1-2H3,(H,15,19)/t12-/m1/s1. The summed E-state index contributed by atoms with van der Waals surface area (Å²) in [5.41, 5.74) is 0.883. The number of rotatable bonds is 5. The maximum absolute atomic E-state index is 13.2. The van der Waals surface area contributed by atoms with Crippen LogP contribution < -0.4 is 5.32 Å². The van der Waals surface area contributed by atoms with Gasteiger partial charge in [0, 0.05) is 20.7 Å². The van der Waals surface area contributed by atoms with Crippen LogP contribution in [0.1, 0.15) is 22.2 Å². The number of halogens is 1. The van der Waals surface area contributed by atoms with E-state index in [4.69, 9.17) is 4.74 Å². The van der Waals surface area contributed by atoms with E-state index in [1.165, 1.54) is 30.1 Å². The van der Waals surface area contributed by atoms with Crippen LogP contribution in [0.15, 0.2) is 30.5 Å². The molecule has 0 aliphatic rings. The molecule has 6 nitrogen and oxygen atoms in total. The summed E-state index contributed by atoms with van der Waals surface area (Å²) in [5, 5.41) is 10.1. The second-order valence-corrected chi connectivity index (χ2v) is 4.27. The van der Waals surface area contributed by atoms with Gasteiger partial charge in [-0.1, -0.05) is 17.3 Å². The number of hydrogen-bond acceptors (Lipinski definition) is 4. The minimum atomic E-state index is -0.425. The van der Waals surface area contributed by atoms with Crippen molar-refractivity contribution in [1.82, 2.24) is 20.3 Å². The highest BCUT2D eigenvalue weighted by molar-refractivity contribution is 5.91. The molecule has 0 radical (unpaired) electrons. The molecule has 106 valence electrons. The maximum atomic E-state index is 13.2. The molecule has 1 aromatic heterocycles. The number of benzene rings is 1. The van der Waals surface area contributed by atoms with Gasteiger partial charge in [-0.2, -0.15) is 0 Å². The van der Waals surface area contributed by atoms with Crippen molar-refractivity contribution in [2.75, 3.05) is 13.7 Å². The predicted molar refractivity (Wildman–Crippen MR) is 69.5 cm³/mol. The number of aromatic nitrogens is 3. The van der Waals surface area contributed by atoms with Gasteiger partial charge >= 0.3 is 0 Å². The monoisotopic (exact) mass is 278 g/mol. The fourth-order valence-electron chi connectivity index (χ4n) is 1.77. The Morgan fingerprint density at radius 2 is 2.35 bits per heavy atom. The maximum Gasteiger partial charge on any atom is 0.273 e. The number of carbonyl (C=O) groups excluding carboxylic acids is 1. The van der Waals surface area contributed by atoms with Crippen molar-refractivity contribution in [3.63, 3.8) is 0 Å². The second-order valence-electron chi connectivity index (χ2n) is 4.27. The van der Waals surface area contributed by atoms with Gasteiger partial charge in [0.15, 0.2) is 5.69 Å². The largest absolute Gasteiger partial charge is 0.375 e. The number of hydrogen-bond donors (Lipinski definition) is 1. The average molecular weight is 278 g/mol. The first-order valence-electron chi connectivity index (χ1n) is 6.03. The van der Waals surface area contributed by atoms with Gasteiger partial charge < -0.3 is 10.1 Å². The number of ether oxygens (including phenoxy) is 1. The Morgan fingerprint density at radius 3 is 2.95 bits per heavy atom. The molecule has 0 aliphatic carbocycles. The lowest BCUT2D eigenvalue weighted by atomic mass is 10.1. The molecular formula is C13H15FN4O2. The van der Waals surface area contributed by atoms with Crippen molar-refractivity contribution >= 4 is 5.91 Å². The van der Waals surface area contributed by atoms with Crippen LogP contribution in [0.4, 0.5) is 4.39 Å². The Balaban J connectivity index is 1.99. The third-order valence-electron chi connectivity index (χ3n) is 2.79. The minimum Gasteiger partial charge on any atom is -0.375 e. The first-order valence-corrected chi connectivity index (χ1v) is 6.03. The summed E-state index contributed by atoms with van der Waals surface area (Å²) in [6.07, 6.45) is 1.09. The molecule has 1 heterocycles. The summed E-state index contributed by atoms with van der Waals surface area (Å²) in [6, 6.07) is 6.07. The molecule has 7 heteroatoms. The molecule has 20 heavy (non-hydrogen) atoms. The zero-order valence-electron chi connectivity index (χ0n) is 11.2. The summed E-state index contributed by atoms with van der Waals surface area (Å²) >= 11 is 0. The summed E-state index contributed by atoms with van der Waals surface area (Å²) in [7, 11) is 3.18. The van der Waals surface area contributed by atoms with E-state index in [2.05, 4.69) is 15.6 Å². The number of methoxy groups -OCH3 is 1. The molecule has 0 spiro atoms. The molecular weight excluding hydrogens is 263 g/mol. The van der Waals surface area contributed by atoms with Gasteiger partial charge in [0.05, 0.1) is 12.3 Å². The lowest BCUT2D eigenvalue weighted by Gasteiger charge is -2.16. The van der Waals surface area contributed by atoms with Crippen molar-refractivity contribution in [2.24, 2.45) is 7.05 Å². The smallest absolute Gasteiger partial charge is 0.273 e. The summed E-state index contributed by atoms with van der Waals surface area (Å²) < 4.78 is 19.9. The van der Waals surface area contributed by atoms with Gasteiger partial charge in [0.1, 0.15) is 5.82 Å². The Bertz CT molecular complexity index is 600. The van der Waals surface area contributed by atoms with Crippen LogP contribution in [0.5, 0.6) is 0 Å². The number of nitrogens with one attached hydrogen (secondary N) is 1. The van der Waals surface area contributed by atoms with Crippen LogP contribution in [0.25, 0.3) is 0 Å². The zero-order valence-corrected chi connectivity index (χ0v) is 11.2. The lowest BCUT2D eigenvalue weighted by molar-refractivity contribution is 0.0823. The van der Waals surface area contributed by atoms with Crippen LogP contribution in [0.2, 0.25) is 0 Å². The van der Waals surface area contributed by atoms with E-state index >= 15 is 0 Å². The Morgan fingerprint density at radius 1 is 1.55 bits per heavy atom. The van der Waals surface area contributed by atoms with E-state index in [1.807, 2.05) is 0 Å². The van der Waals surface area contributed by atoms with E-state index in [-0.39, 0.29) is 24.0 Å². The van der Waals surface area contributed by atoms with Gasteiger partial charge in [0.2, 0.25) is 0 Å². The summed E-state index contributed by atoms with van der Waals surface area (Å²) in [4.78, 5) is 11.8. The number of carbonyl (C=O) groups is 1. The molecule has 1 atom stereocenters. The number of amides is 1. The highest BCUT2D eigenvalue weighted by Crippen LogP contribution is 2.16. The quantitative estimate of drug-likeness (QED) is 0.888. The van der Waals surface area contributed by atoms with Crippen molar-refractivity contribution in [3.05, 3.63) is 47.5 Å². The van der Waals surface area contributed by atoms with Crippen LogP contribution in [0.3, 0.4) is 0 Å². The topological polar surface area (TPSA) is 69.0 Å². The lowest BCUT2D eigenvalue weighted by Crippen LogP contribution is -2.29. The van der Waals surface area contributed by atoms with Gasteiger partial charge in [-0.3, -0.25) is 9.48 Å². The van der Waals surface area contributed by atoms with Crippen LogP contribution in [-0.4, -0.2) is 34.6 Å². The van der Waals surface area contributed by atoms with Crippen LogP contribution >= 0.6 is 0 Å². The van der Waals surface area contributed by atoms with Gasteiger partial charge in [-0.15, -0.1) is 5.10 Å². The van der Waals surface area contributed by atoms with Crippen LogP contribution in [-0.2, 0) is 11.8 Å². The Labute approximate surface area is 115 Å². The van der Waals surface area contributed by atoms with E-state index in [0.29, 0.717) is 5.56 Å². The Hall–Kier alpha value is -2.28.